The van der Waals surface area contributed by atoms with Gasteiger partial charge in [0.1, 0.15) is 12.2 Å². The maximum absolute atomic E-state index is 14.2. The summed E-state index contributed by atoms with van der Waals surface area (Å²) in [5, 5.41) is 11.1. The molecule has 0 radical (unpaired) electrons. The number of halogens is 5. The number of piperazine rings is 1. The van der Waals surface area contributed by atoms with Gasteiger partial charge in [0.25, 0.3) is 5.91 Å². The summed E-state index contributed by atoms with van der Waals surface area (Å²) in [4.78, 5) is 16.9. The molecule has 7 nitrogen and oxygen atoms in total. The summed E-state index contributed by atoms with van der Waals surface area (Å²) in [7, 11) is 1.74. The molecule has 12 heteroatoms. The Morgan fingerprint density at radius 2 is 1.82 bits per heavy atom. The Balaban J connectivity index is 1.33. The number of hydrogen-bond donors (Lipinski definition) is 1. The highest BCUT2D eigenvalue weighted by Crippen LogP contribution is 2.55. The number of alkyl halides is 5. The summed E-state index contributed by atoms with van der Waals surface area (Å²) in [6.45, 7) is 3.00. The molecule has 0 spiro atoms. The second kappa shape index (κ2) is 9.62. The minimum Gasteiger partial charge on any atom is -0.321 e. The first-order valence-electron chi connectivity index (χ1n) is 13.2. The minimum atomic E-state index is -4.63. The third-order valence-corrected chi connectivity index (χ3v) is 8.29. The van der Waals surface area contributed by atoms with Crippen LogP contribution in [0.4, 0.5) is 27.6 Å². The number of aryl methyl sites for hydroxylation is 1. The SMILES string of the molecule is Cn1cnnc1CC1(c2cccc(N3Cc4c(cc(CN5CCNCC5)cc4C(F)(F)F)C3=O)c2)CC(F)(F)C1. The first-order chi connectivity index (χ1) is 18.9. The highest BCUT2D eigenvalue weighted by atomic mass is 19.4. The Morgan fingerprint density at radius 3 is 2.48 bits per heavy atom. The molecule has 2 fully saturated rings. The Hall–Kier alpha value is -3.38. The van der Waals surface area contributed by atoms with Crippen molar-refractivity contribution in [3.63, 3.8) is 0 Å². The average Bonchev–Trinajstić information content (AvgIpc) is 3.44. The predicted octanol–water partition coefficient (Wildman–Crippen LogP) is 4.31. The molecular weight excluding hydrogens is 531 g/mol. The predicted molar refractivity (Wildman–Crippen MR) is 137 cm³/mol. The van der Waals surface area contributed by atoms with Crippen molar-refractivity contribution in [1.29, 1.82) is 0 Å². The highest BCUT2D eigenvalue weighted by molar-refractivity contribution is 6.10. The third-order valence-electron chi connectivity index (χ3n) is 8.29. The van der Waals surface area contributed by atoms with Gasteiger partial charge in [-0.15, -0.1) is 10.2 Å². The van der Waals surface area contributed by atoms with Crippen molar-refractivity contribution >= 4 is 11.6 Å². The lowest BCUT2D eigenvalue weighted by Gasteiger charge is -2.48. The monoisotopic (exact) mass is 560 g/mol. The lowest BCUT2D eigenvalue weighted by molar-refractivity contribution is -0.138. The van der Waals surface area contributed by atoms with Gasteiger partial charge in [0.2, 0.25) is 5.92 Å². The van der Waals surface area contributed by atoms with E-state index < -0.39 is 41.8 Å². The number of carbonyl (C=O) groups excluding carboxylic acids is 1. The molecule has 6 rings (SSSR count). The maximum atomic E-state index is 14.2. The number of nitrogens with one attached hydrogen (secondary N) is 1. The van der Waals surface area contributed by atoms with E-state index in [0.717, 1.165) is 19.2 Å². The second-order valence-electron chi connectivity index (χ2n) is 11.2. The normalized spacial score (nSPS) is 20.4. The Labute approximate surface area is 228 Å². The van der Waals surface area contributed by atoms with E-state index >= 15 is 0 Å². The summed E-state index contributed by atoms with van der Waals surface area (Å²) in [5.74, 6) is -2.81. The lowest BCUT2D eigenvalue weighted by Crippen LogP contribution is -2.51. The molecule has 0 atom stereocenters. The van der Waals surface area contributed by atoms with Crippen LogP contribution in [0.3, 0.4) is 0 Å². The standard InChI is InChI=1S/C28H29F5N6O/c1-37-17-35-36-24(37)12-26(15-27(29,30)16-26)19-3-2-4-20(11-19)39-14-22-21(25(39)40)9-18(10-23(22)28(31,32)33)13-38-7-5-34-6-8-38/h2-4,9-11,17,34H,5-8,12-16H2,1H3. The van der Waals surface area contributed by atoms with Crippen molar-refractivity contribution in [2.24, 2.45) is 7.05 Å². The van der Waals surface area contributed by atoms with Crippen LogP contribution in [0.25, 0.3) is 0 Å². The average molecular weight is 561 g/mol. The number of carbonyl (C=O) groups is 1. The van der Waals surface area contributed by atoms with Crippen LogP contribution in [-0.2, 0) is 38.1 Å². The van der Waals surface area contributed by atoms with Crippen molar-refractivity contribution in [3.05, 3.63) is 76.4 Å². The van der Waals surface area contributed by atoms with E-state index in [4.69, 9.17) is 0 Å². The van der Waals surface area contributed by atoms with Crippen LogP contribution in [0.15, 0.2) is 42.7 Å². The van der Waals surface area contributed by atoms with E-state index in [-0.39, 0.29) is 24.1 Å². The fourth-order valence-electron chi connectivity index (χ4n) is 6.29. The van der Waals surface area contributed by atoms with Crippen LogP contribution in [-0.4, -0.2) is 57.7 Å². The molecule has 40 heavy (non-hydrogen) atoms. The van der Waals surface area contributed by atoms with Crippen molar-refractivity contribution < 1.29 is 26.7 Å². The minimum absolute atomic E-state index is 0.0364. The molecule has 1 amide bonds. The lowest BCUT2D eigenvalue weighted by atomic mass is 9.60. The summed E-state index contributed by atoms with van der Waals surface area (Å²) in [6.07, 6.45) is -3.68. The van der Waals surface area contributed by atoms with Gasteiger partial charge in [-0.05, 0) is 41.0 Å². The van der Waals surface area contributed by atoms with Gasteiger partial charge in [-0.2, -0.15) is 13.2 Å². The molecule has 3 aromatic rings. The molecule has 3 aliphatic rings. The van der Waals surface area contributed by atoms with Gasteiger partial charge < -0.3 is 14.8 Å². The maximum Gasteiger partial charge on any atom is 0.416 e. The van der Waals surface area contributed by atoms with Crippen molar-refractivity contribution in [2.75, 3.05) is 31.1 Å². The van der Waals surface area contributed by atoms with Crippen LogP contribution in [0.2, 0.25) is 0 Å². The Kier molecular flexibility index (Phi) is 6.45. The van der Waals surface area contributed by atoms with Crippen molar-refractivity contribution in [2.45, 2.75) is 49.9 Å². The van der Waals surface area contributed by atoms with Crippen LogP contribution < -0.4 is 10.2 Å². The van der Waals surface area contributed by atoms with Gasteiger partial charge >= 0.3 is 6.18 Å². The van der Waals surface area contributed by atoms with E-state index in [1.807, 2.05) is 0 Å². The molecule has 3 heterocycles. The number of aromatic nitrogens is 3. The van der Waals surface area contributed by atoms with Gasteiger partial charge in [0.05, 0.1) is 12.1 Å². The Morgan fingerprint density at radius 1 is 1.07 bits per heavy atom. The fraction of sp³-hybridized carbons (Fsp3) is 0.464. The summed E-state index contributed by atoms with van der Waals surface area (Å²) in [6, 6.07) is 9.41. The van der Waals surface area contributed by atoms with Gasteiger partial charge in [0, 0.05) is 75.7 Å². The zero-order chi connectivity index (χ0) is 28.3. The molecule has 2 aliphatic heterocycles. The third kappa shape index (κ3) is 4.87. The summed E-state index contributed by atoms with van der Waals surface area (Å²) < 4.78 is 72.7. The van der Waals surface area contributed by atoms with Crippen LogP contribution in [0, 0.1) is 0 Å². The van der Waals surface area contributed by atoms with E-state index in [1.165, 1.54) is 11.2 Å². The molecule has 212 valence electrons. The Bertz CT molecular complexity index is 1440. The van der Waals surface area contributed by atoms with Crippen molar-refractivity contribution in [1.82, 2.24) is 25.0 Å². The highest BCUT2D eigenvalue weighted by Gasteiger charge is 2.57. The number of benzene rings is 2. The largest absolute Gasteiger partial charge is 0.416 e. The number of hydrogen-bond acceptors (Lipinski definition) is 5. The fourth-order valence-corrected chi connectivity index (χ4v) is 6.29. The molecule has 0 bridgehead atoms. The summed E-state index contributed by atoms with van der Waals surface area (Å²) >= 11 is 0. The molecule has 0 unspecified atom stereocenters. The zero-order valence-electron chi connectivity index (χ0n) is 21.9. The zero-order valence-corrected chi connectivity index (χ0v) is 21.9. The first-order valence-corrected chi connectivity index (χ1v) is 13.2. The number of fused-ring (bicyclic) bond motifs is 1. The van der Waals surface area contributed by atoms with Crippen molar-refractivity contribution in [3.8, 4) is 0 Å². The van der Waals surface area contributed by atoms with E-state index in [1.54, 1.807) is 41.9 Å². The van der Waals surface area contributed by atoms with E-state index in [2.05, 4.69) is 20.4 Å². The summed E-state index contributed by atoms with van der Waals surface area (Å²) in [5.41, 5.74) is -0.342. The second-order valence-corrected chi connectivity index (χ2v) is 11.2. The molecule has 1 saturated carbocycles. The molecule has 2 aromatic carbocycles. The molecule has 1 aromatic heterocycles. The number of anilines is 1. The van der Waals surface area contributed by atoms with Gasteiger partial charge in [-0.1, -0.05) is 12.1 Å². The molecule has 1 saturated heterocycles. The first kappa shape index (κ1) is 26.8. The number of rotatable bonds is 6. The molecular formula is C28H29F5N6O. The van der Waals surface area contributed by atoms with Gasteiger partial charge in [-0.25, -0.2) is 8.78 Å². The number of amides is 1. The van der Waals surface area contributed by atoms with E-state index in [0.29, 0.717) is 42.3 Å². The topological polar surface area (TPSA) is 66.3 Å². The number of nitrogens with zero attached hydrogens (tertiary/aromatic N) is 5. The van der Waals surface area contributed by atoms with E-state index in [9.17, 15) is 26.7 Å². The smallest absolute Gasteiger partial charge is 0.321 e. The van der Waals surface area contributed by atoms with Gasteiger partial charge in [-0.3, -0.25) is 9.69 Å². The van der Waals surface area contributed by atoms with Gasteiger partial charge in [0.15, 0.2) is 0 Å². The molecule has 1 N–H and O–H groups in total. The molecule has 1 aliphatic carbocycles. The van der Waals surface area contributed by atoms with Crippen LogP contribution >= 0.6 is 0 Å². The van der Waals surface area contributed by atoms with Crippen LogP contribution in [0.1, 0.15) is 51.3 Å². The van der Waals surface area contributed by atoms with Crippen LogP contribution in [0.5, 0.6) is 0 Å². The quantitative estimate of drug-likeness (QED) is 0.456.